The molecule has 0 aromatic carbocycles. The highest BCUT2D eigenvalue weighted by molar-refractivity contribution is 7.13. The first-order valence-corrected chi connectivity index (χ1v) is 6.19. The minimum atomic E-state index is -1.10. The molecule has 0 aliphatic rings. The quantitative estimate of drug-likeness (QED) is 0.820. The number of aromatic carboxylic acids is 1. The summed E-state index contributed by atoms with van der Waals surface area (Å²) in [4.78, 5) is 26.9. The number of carboxylic acid groups (broad SMARTS) is 1. The number of nitrogens with zero attached hydrogens (tertiary/aromatic N) is 1. The van der Waals surface area contributed by atoms with Crippen LogP contribution in [0, 0.1) is 0 Å². The van der Waals surface area contributed by atoms with Gasteiger partial charge in [0.25, 0.3) is 0 Å². The van der Waals surface area contributed by atoms with E-state index in [1.807, 2.05) is 13.8 Å². The van der Waals surface area contributed by atoms with Gasteiger partial charge in [-0.2, -0.15) is 0 Å². The molecular formula is C11H15NO4S. The molecule has 1 N–H and O–H groups in total. The van der Waals surface area contributed by atoms with Gasteiger partial charge in [0.1, 0.15) is 0 Å². The summed E-state index contributed by atoms with van der Waals surface area (Å²) in [6.07, 6.45) is 1.64. The van der Waals surface area contributed by atoms with Crippen LogP contribution in [-0.2, 0) is 4.74 Å². The summed E-state index contributed by atoms with van der Waals surface area (Å²) in [6, 6.07) is 0. The number of carbonyl (C=O) groups is 2. The second-order valence-electron chi connectivity index (χ2n) is 3.54. The minimum Gasteiger partial charge on any atom is -0.476 e. The van der Waals surface area contributed by atoms with E-state index in [-0.39, 0.29) is 16.6 Å². The number of methoxy groups -OCH3 is 1. The summed E-state index contributed by atoms with van der Waals surface area (Å²) >= 11 is 1.11. The van der Waals surface area contributed by atoms with Crippen LogP contribution >= 0.6 is 11.3 Å². The molecule has 1 rings (SSSR count). The number of carbonyl (C=O) groups excluding carboxylic acids is 1. The lowest BCUT2D eigenvalue weighted by Crippen LogP contribution is -2.05. The van der Waals surface area contributed by atoms with Crippen molar-refractivity contribution in [2.45, 2.75) is 32.6 Å². The molecule has 0 fully saturated rings. The van der Waals surface area contributed by atoms with Gasteiger partial charge < -0.3 is 9.84 Å². The summed E-state index contributed by atoms with van der Waals surface area (Å²) in [7, 11) is 1.25. The van der Waals surface area contributed by atoms with Gasteiger partial charge in [0.15, 0.2) is 5.69 Å². The lowest BCUT2D eigenvalue weighted by atomic mass is 10.0. The molecule has 1 aromatic rings. The number of thiazole rings is 1. The molecule has 0 bridgehead atoms. The van der Waals surface area contributed by atoms with Gasteiger partial charge in [-0.25, -0.2) is 14.6 Å². The van der Waals surface area contributed by atoms with Gasteiger partial charge in [0.05, 0.1) is 7.11 Å². The molecule has 5 nitrogen and oxygen atoms in total. The van der Waals surface area contributed by atoms with E-state index in [0.717, 1.165) is 24.2 Å². The van der Waals surface area contributed by atoms with Crippen LogP contribution in [0.2, 0.25) is 0 Å². The van der Waals surface area contributed by atoms with Crippen molar-refractivity contribution in [3.8, 4) is 0 Å². The van der Waals surface area contributed by atoms with Crippen molar-refractivity contribution in [2.75, 3.05) is 7.11 Å². The largest absolute Gasteiger partial charge is 0.476 e. The molecule has 0 aliphatic heterocycles. The molecule has 0 saturated heterocycles. The standard InChI is InChI=1S/C11H15NO4S/c1-4-6(5-2)8-7(10(13)14)12-9(17-8)11(15)16-3/h6H,4-5H2,1-3H3,(H,13,14). The molecule has 0 amide bonds. The molecule has 0 atom stereocenters. The number of aromatic nitrogens is 1. The van der Waals surface area contributed by atoms with Gasteiger partial charge >= 0.3 is 11.9 Å². The molecule has 0 saturated carbocycles. The van der Waals surface area contributed by atoms with Crippen molar-refractivity contribution < 1.29 is 19.4 Å². The fraction of sp³-hybridized carbons (Fsp3) is 0.545. The summed E-state index contributed by atoms with van der Waals surface area (Å²) in [5, 5.41) is 9.17. The van der Waals surface area contributed by atoms with E-state index in [1.54, 1.807) is 0 Å². The van der Waals surface area contributed by atoms with Crippen molar-refractivity contribution in [1.82, 2.24) is 4.98 Å². The Labute approximate surface area is 103 Å². The fourth-order valence-electron chi connectivity index (χ4n) is 1.60. The van der Waals surface area contributed by atoms with Crippen molar-refractivity contribution in [3.05, 3.63) is 15.6 Å². The van der Waals surface area contributed by atoms with Crippen LogP contribution < -0.4 is 0 Å². The Morgan fingerprint density at radius 2 is 2.00 bits per heavy atom. The van der Waals surface area contributed by atoms with Crippen molar-refractivity contribution in [2.24, 2.45) is 0 Å². The van der Waals surface area contributed by atoms with E-state index in [1.165, 1.54) is 7.11 Å². The lowest BCUT2D eigenvalue weighted by Gasteiger charge is -2.09. The average molecular weight is 257 g/mol. The van der Waals surface area contributed by atoms with Crippen LogP contribution in [0.1, 0.15) is 57.8 Å². The number of hydrogen-bond acceptors (Lipinski definition) is 5. The van der Waals surface area contributed by atoms with E-state index in [9.17, 15) is 9.59 Å². The van der Waals surface area contributed by atoms with E-state index in [4.69, 9.17) is 5.11 Å². The normalized spacial score (nSPS) is 10.6. The predicted octanol–water partition coefficient (Wildman–Crippen LogP) is 2.53. The van der Waals surface area contributed by atoms with Crippen LogP contribution in [0.15, 0.2) is 0 Å². The van der Waals surface area contributed by atoms with Crippen molar-refractivity contribution in [1.29, 1.82) is 0 Å². The zero-order chi connectivity index (χ0) is 13.0. The van der Waals surface area contributed by atoms with E-state index >= 15 is 0 Å². The molecule has 1 aromatic heterocycles. The fourth-order valence-corrected chi connectivity index (χ4v) is 2.84. The Kier molecular flexibility index (Phi) is 4.62. The first-order chi connectivity index (χ1) is 8.04. The second-order valence-corrected chi connectivity index (χ2v) is 4.57. The monoisotopic (exact) mass is 257 g/mol. The van der Waals surface area contributed by atoms with Gasteiger partial charge in [-0.15, -0.1) is 11.3 Å². The minimum absolute atomic E-state index is 0.0240. The molecular weight excluding hydrogens is 242 g/mol. The van der Waals surface area contributed by atoms with Crippen molar-refractivity contribution >= 4 is 23.3 Å². The van der Waals surface area contributed by atoms with Crippen molar-refractivity contribution in [3.63, 3.8) is 0 Å². The molecule has 1 heterocycles. The van der Waals surface area contributed by atoms with Gasteiger partial charge in [-0.05, 0) is 18.8 Å². The third-order valence-corrected chi connectivity index (χ3v) is 3.77. The highest BCUT2D eigenvalue weighted by Gasteiger charge is 2.25. The van der Waals surface area contributed by atoms with Gasteiger partial charge in [0.2, 0.25) is 5.01 Å². The van der Waals surface area contributed by atoms with E-state index in [2.05, 4.69) is 9.72 Å². The summed E-state index contributed by atoms with van der Waals surface area (Å²) < 4.78 is 4.55. The Morgan fingerprint density at radius 1 is 1.41 bits per heavy atom. The molecule has 94 valence electrons. The Hall–Kier alpha value is -1.43. The highest BCUT2D eigenvalue weighted by Crippen LogP contribution is 2.32. The number of rotatable bonds is 5. The molecule has 0 spiro atoms. The summed E-state index contributed by atoms with van der Waals surface area (Å²) in [6.45, 7) is 3.97. The van der Waals surface area contributed by atoms with Gasteiger partial charge in [0, 0.05) is 4.88 Å². The number of esters is 1. The molecule has 6 heteroatoms. The summed E-state index contributed by atoms with van der Waals surface area (Å²) in [5.41, 5.74) is -0.0240. The predicted molar refractivity (Wildman–Crippen MR) is 63.7 cm³/mol. The third-order valence-electron chi connectivity index (χ3n) is 2.57. The molecule has 0 unspecified atom stereocenters. The maximum Gasteiger partial charge on any atom is 0.367 e. The van der Waals surface area contributed by atoms with Crippen LogP contribution in [-0.4, -0.2) is 29.1 Å². The Bertz CT molecular complexity index is 423. The number of ether oxygens (including phenoxy) is 1. The van der Waals surface area contributed by atoms with Crippen LogP contribution in [0.25, 0.3) is 0 Å². The second kappa shape index (κ2) is 5.77. The van der Waals surface area contributed by atoms with E-state index < -0.39 is 11.9 Å². The van der Waals surface area contributed by atoms with Gasteiger partial charge in [-0.1, -0.05) is 13.8 Å². The molecule has 0 aliphatic carbocycles. The van der Waals surface area contributed by atoms with Crippen LogP contribution in [0.3, 0.4) is 0 Å². The highest BCUT2D eigenvalue weighted by atomic mass is 32.1. The van der Waals surface area contributed by atoms with Crippen LogP contribution in [0.5, 0.6) is 0 Å². The maximum atomic E-state index is 11.3. The third kappa shape index (κ3) is 2.82. The zero-order valence-corrected chi connectivity index (χ0v) is 10.8. The smallest absolute Gasteiger partial charge is 0.367 e. The zero-order valence-electron chi connectivity index (χ0n) is 10.0. The lowest BCUT2D eigenvalue weighted by molar-refractivity contribution is 0.0600. The number of hydrogen-bond donors (Lipinski definition) is 1. The molecule has 0 radical (unpaired) electrons. The SMILES string of the molecule is CCC(CC)c1sc(C(=O)OC)nc1C(=O)O. The topological polar surface area (TPSA) is 76.5 Å². The Morgan fingerprint density at radius 3 is 2.41 bits per heavy atom. The average Bonchev–Trinajstić information content (AvgIpc) is 2.75. The maximum absolute atomic E-state index is 11.3. The first-order valence-electron chi connectivity index (χ1n) is 5.37. The van der Waals surface area contributed by atoms with Crippen LogP contribution in [0.4, 0.5) is 0 Å². The van der Waals surface area contributed by atoms with E-state index in [0.29, 0.717) is 4.88 Å². The van der Waals surface area contributed by atoms with Gasteiger partial charge in [-0.3, -0.25) is 0 Å². The number of carboxylic acids is 1. The first kappa shape index (κ1) is 13.6. The molecule has 17 heavy (non-hydrogen) atoms. The Balaban J connectivity index is 3.22. The summed E-state index contributed by atoms with van der Waals surface area (Å²) in [5.74, 6) is -1.56.